The van der Waals surface area contributed by atoms with Gasteiger partial charge in [-0.2, -0.15) is 0 Å². The van der Waals surface area contributed by atoms with Crippen LogP contribution >= 0.6 is 0 Å². The summed E-state index contributed by atoms with van der Waals surface area (Å²) in [7, 11) is 0. The highest BCUT2D eigenvalue weighted by Crippen LogP contribution is 2.40. The maximum atomic E-state index is 12.6. The number of rotatable bonds is 4. The lowest BCUT2D eigenvalue weighted by Crippen LogP contribution is -2.15. The first-order valence-electron chi connectivity index (χ1n) is 8.35. The molecule has 1 saturated carbocycles. The van der Waals surface area contributed by atoms with Crippen molar-refractivity contribution in [1.29, 1.82) is 0 Å². The molecule has 4 rings (SSSR count). The number of amides is 1. The summed E-state index contributed by atoms with van der Waals surface area (Å²) in [4.78, 5) is 25.2. The molecule has 0 aliphatic heterocycles. The Morgan fingerprint density at radius 1 is 1.04 bits per heavy atom. The second-order valence-corrected chi connectivity index (χ2v) is 6.34. The maximum Gasteiger partial charge on any atom is 0.274 e. The van der Waals surface area contributed by atoms with E-state index in [4.69, 9.17) is 0 Å². The van der Waals surface area contributed by atoms with Crippen LogP contribution in [0.3, 0.4) is 0 Å². The van der Waals surface area contributed by atoms with Gasteiger partial charge in [-0.25, -0.2) is 15.0 Å². The van der Waals surface area contributed by atoms with E-state index in [2.05, 4.69) is 32.4 Å². The fourth-order valence-corrected chi connectivity index (χ4v) is 2.80. The number of pyridine rings is 1. The zero-order valence-electron chi connectivity index (χ0n) is 13.9. The van der Waals surface area contributed by atoms with Crippen LogP contribution in [0.4, 0.5) is 5.69 Å². The number of nitrogens with one attached hydrogen (secondary N) is 1. The van der Waals surface area contributed by atoms with E-state index in [1.807, 2.05) is 31.2 Å². The van der Waals surface area contributed by atoms with E-state index < -0.39 is 0 Å². The van der Waals surface area contributed by atoms with Gasteiger partial charge in [-0.15, -0.1) is 0 Å². The van der Waals surface area contributed by atoms with Crippen molar-refractivity contribution in [2.75, 3.05) is 5.32 Å². The molecule has 0 spiro atoms. The molecule has 0 saturated heterocycles. The highest BCUT2D eigenvalue weighted by Gasteiger charge is 2.23. The molecule has 5 nitrogen and oxygen atoms in total. The number of aryl methyl sites for hydroxylation is 1. The van der Waals surface area contributed by atoms with E-state index in [9.17, 15) is 4.79 Å². The molecule has 2 heterocycles. The second kappa shape index (κ2) is 6.43. The molecule has 5 heteroatoms. The van der Waals surface area contributed by atoms with Crippen molar-refractivity contribution in [3.8, 4) is 11.3 Å². The molecule has 0 unspecified atom stereocenters. The number of anilines is 1. The molecule has 0 bridgehead atoms. The van der Waals surface area contributed by atoms with Crippen LogP contribution in [0.1, 0.15) is 40.4 Å². The van der Waals surface area contributed by atoms with E-state index in [1.54, 1.807) is 12.4 Å². The summed E-state index contributed by atoms with van der Waals surface area (Å²) in [6.07, 6.45) is 7.37. The maximum absolute atomic E-state index is 12.6. The lowest BCUT2D eigenvalue weighted by molar-refractivity contribution is 0.102. The molecular formula is C20H18N4O. The minimum Gasteiger partial charge on any atom is -0.321 e. The van der Waals surface area contributed by atoms with Gasteiger partial charge >= 0.3 is 0 Å². The van der Waals surface area contributed by atoms with E-state index in [0.29, 0.717) is 17.3 Å². The number of hydrogen-bond donors (Lipinski definition) is 1. The van der Waals surface area contributed by atoms with Crippen LogP contribution in [0.2, 0.25) is 0 Å². The molecule has 2 aromatic heterocycles. The van der Waals surface area contributed by atoms with Gasteiger partial charge in [0.2, 0.25) is 0 Å². The summed E-state index contributed by atoms with van der Waals surface area (Å²) in [5.74, 6) is 0.494. The molecule has 3 aromatic rings. The Balaban J connectivity index is 1.56. The van der Waals surface area contributed by atoms with E-state index in [1.165, 1.54) is 24.7 Å². The molecule has 1 fully saturated rings. The average molecular weight is 330 g/mol. The Morgan fingerprint density at radius 3 is 2.44 bits per heavy atom. The van der Waals surface area contributed by atoms with Gasteiger partial charge in [0, 0.05) is 23.6 Å². The molecule has 0 atom stereocenters. The smallest absolute Gasteiger partial charge is 0.274 e. The van der Waals surface area contributed by atoms with E-state index >= 15 is 0 Å². The van der Waals surface area contributed by atoms with Crippen molar-refractivity contribution in [2.45, 2.75) is 25.7 Å². The number of benzene rings is 1. The molecule has 1 aromatic carbocycles. The number of nitrogens with zero attached hydrogens (tertiary/aromatic N) is 3. The van der Waals surface area contributed by atoms with E-state index in [0.717, 1.165) is 16.8 Å². The number of aromatic nitrogens is 3. The monoisotopic (exact) mass is 330 g/mol. The third-order valence-corrected chi connectivity index (χ3v) is 4.39. The van der Waals surface area contributed by atoms with Crippen molar-refractivity contribution in [3.05, 3.63) is 71.9 Å². The fourth-order valence-electron chi connectivity index (χ4n) is 2.80. The Morgan fingerprint density at radius 2 is 1.76 bits per heavy atom. The zero-order valence-corrected chi connectivity index (χ0v) is 13.9. The van der Waals surface area contributed by atoms with Gasteiger partial charge in [-0.3, -0.25) is 4.79 Å². The lowest BCUT2D eigenvalue weighted by atomic mass is 10.1. The summed E-state index contributed by atoms with van der Waals surface area (Å²) >= 11 is 0. The van der Waals surface area contributed by atoms with Crippen LogP contribution in [0.5, 0.6) is 0 Å². The molecule has 1 amide bonds. The first kappa shape index (κ1) is 15.4. The van der Waals surface area contributed by atoms with Crippen molar-refractivity contribution in [1.82, 2.24) is 15.0 Å². The Hall–Kier alpha value is -3.08. The predicted octanol–water partition coefficient (Wildman–Crippen LogP) is 3.98. The van der Waals surface area contributed by atoms with Gasteiger partial charge in [-0.1, -0.05) is 18.2 Å². The fraction of sp³-hybridized carbons (Fsp3) is 0.200. The summed E-state index contributed by atoms with van der Waals surface area (Å²) in [6, 6.07) is 11.8. The predicted molar refractivity (Wildman–Crippen MR) is 96.4 cm³/mol. The second-order valence-electron chi connectivity index (χ2n) is 6.34. The van der Waals surface area contributed by atoms with Crippen LogP contribution in [-0.4, -0.2) is 20.9 Å². The van der Waals surface area contributed by atoms with Gasteiger partial charge < -0.3 is 5.32 Å². The van der Waals surface area contributed by atoms with Gasteiger partial charge in [0.1, 0.15) is 12.0 Å². The molecule has 124 valence electrons. The van der Waals surface area contributed by atoms with Crippen molar-refractivity contribution >= 4 is 11.6 Å². The summed E-state index contributed by atoms with van der Waals surface area (Å²) in [5.41, 5.74) is 4.83. The van der Waals surface area contributed by atoms with Crippen molar-refractivity contribution in [3.63, 3.8) is 0 Å². The first-order chi connectivity index (χ1) is 12.2. The standard InChI is InChI=1S/C20H18N4O/c1-13-2-9-18(16-10-21-12-22-11-16)24-19(13)20(25)23-17-7-5-15(6-8-17)14-3-4-14/h2,5-12,14H,3-4H2,1H3,(H,23,25). The van der Waals surface area contributed by atoms with Crippen LogP contribution in [0.15, 0.2) is 55.1 Å². The van der Waals surface area contributed by atoms with Gasteiger partial charge in [0.25, 0.3) is 5.91 Å². The summed E-state index contributed by atoms with van der Waals surface area (Å²) in [5, 5.41) is 2.93. The van der Waals surface area contributed by atoms with Crippen molar-refractivity contribution in [2.24, 2.45) is 0 Å². The van der Waals surface area contributed by atoms with Crippen LogP contribution < -0.4 is 5.32 Å². The normalized spacial score (nSPS) is 13.5. The Bertz CT molecular complexity index is 903. The molecular weight excluding hydrogens is 312 g/mol. The Kier molecular flexibility index (Phi) is 3.98. The Labute approximate surface area is 146 Å². The first-order valence-corrected chi connectivity index (χ1v) is 8.35. The quantitative estimate of drug-likeness (QED) is 0.786. The molecule has 1 aliphatic rings. The minimum absolute atomic E-state index is 0.213. The van der Waals surface area contributed by atoms with E-state index in [-0.39, 0.29) is 5.91 Å². The summed E-state index contributed by atoms with van der Waals surface area (Å²) < 4.78 is 0. The van der Waals surface area contributed by atoms with Crippen LogP contribution in [-0.2, 0) is 0 Å². The van der Waals surface area contributed by atoms with Crippen LogP contribution in [0.25, 0.3) is 11.3 Å². The molecule has 1 N–H and O–H groups in total. The minimum atomic E-state index is -0.213. The highest BCUT2D eigenvalue weighted by atomic mass is 16.1. The zero-order chi connectivity index (χ0) is 17.2. The molecule has 1 aliphatic carbocycles. The van der Waals surface area contributed by atoms with Gasteiger partial charge in [-0.05, 0) is 55.0 Å². The highest BCUT2D eigenvalue weighted by molar-refractivity contribution is 6.04. The summed E-state index contributed by atoms with van der Waals surface area (Å²) in [6.45, 7) is 1.88. The van der Waals surface area contributed by atoms with Crippen molar-refractivity contribution < 1.29 is 4.79 Å². The van der Waals surface area contributed by atoms with Gasteiger partial charge in [0.15, 0.2) is 0 Å². The number of carbonyl (C=O) groups excluding carboxylic acids is 1. The van der Waals surface area contributed by atoms with Gasteiger partial charge in [0.05, 0.1) is 5.69 Å². The largest absolute Gasteiger partial charge is 0.321 e. The molecule has 25 heavy (non-hydrogen) atoms. The lowest BCUT2D eigenvalue weighted by Gasteiger charge is -2.09. The third kappa shape index (κ3) is 3.40. The van der Waals surface area contributed by atoms with Crippen LogP contribution in [0, 0.1) is 6.92 Å². The molecule has 0 radical (unpaired) electrons. The average Bonchev–Trinajstić information content (AvgIpc) is 3.48. The SMILES string of the molecule is Cc1ccc(-c2cncnc2)nc1C(=O)Nc1ccc(C2CC2)cc1. The topological polar surface area (TPSA) is 67.8 Å². The number of hydrogen-bond acceptors (Lipinski definition) is 4. The third-order valence-electron chi connectivity index (χ3n) is 4.39. The number of carbonyl (C=O) groups is 1.